The van der Waals surface area contributed by atoms with E-state index < -0.39 is 0 Å². The normalized spacial score (nSPS) is 18.2. The summed E-state index contributed by atoms with van der Waals surface area (Å²) in [6.07, 6.45) is 6.83. The van der Waals surface area contributed by atoms with Crippen molar-refractivity contribution < 1.29 is 4.74 Å². The number of hydrogen-bond donors (Lipinski definition) is 1. The van der Waals surface area contributed by atoms with Crippen LogP contribution in [0.2, 0.25) is 0 Å². The lowest BCUT2D eigenvalue weighted by molar-refractivity contribution is 0.143. The summed E-state index contributed by atoms with van der Waals surface area (Å²) >= 11 is 0. The minimum absolute atomic E-state index is 0.511. The zero-order valence-electron chi connectivity index (χ0n) is 12.8. The third-order valence-corrected chi connectivity index (χ3v) is 4.59. The van der Waals surface area contributed by atoms with Crippen LogP contribution in [0.1, 0.15) is 37.7 Å². The maximum Gasteiger partial charge on any atom is 0.118 e. The van der Waals surface area contributed by atoms with Gasteiger partial charge in [-0.25, -0.2) is 0 Å². The van der Waals surface area contributed by atoms with Gasteiger partial charge in [-0.05, 0) is 43.5 Å². The molecule has 112 valence electrons. The highest BCUT2D eigenvalue weighted by atomic mass is 16.5. The minimum atomic E-state index is 0.511. The molecule has 1 aromatic rings. The zero-order chi connectivity index (χ0) is 14.4. The molecule has 1 aromatic carbocycles. The summed E-state index contributed by atoms with van der Waals surface area (Å²) in [6, 6.07) is 8.85. The van der Waals surface area contributed by atoms with Crippen molar-refractivity contribution in [2.75, 3.05) is 20.7 Å². The Morgan fingerprint density at radius 3 is 2.40 bits per heavy atom. The third-order valence-electron chi connectivity index (χ3n) is 4.59. The Labute approximate surface area is 123 Å². The molecule has 1 aliphatic rings. The highest BCUT2D eigenvalue weighted by Crippen LogP contribution is 2.29. The van der Waals surface area contributed by atoms with Gasteiger partial charge in [0.15, 0.2) is 0 Å². The molecule has 0 bridgehead atoms. The van der Waals surface area contributed by atoms with Gasteiger partial charge in [0.2, 0.25) is 0 Å². The molecule has 3 nitrogen and oxygen atoms in total. The largest absolute Gasteiger partial charge is 0.497 e. The second kappa shape index (κ2) is 7.65. The van der Waals surface area contributed by atoms with Gasteiger partial charge in [0.05, 0.1) is 7.11 Å². The van der Waals surface area contributed by atoms with E-state index in [0.29, 0.717) is 6.04 Å². The van der Waals surface area contributed by atoms with E-state index in [1.54, 1.807) is 7.11 Å². The smallest absolute Gasteiger partial charge is 0.118 e. The van der Waals surface area contributed by atoms with E-state index in [4.69, 9.17) is 10.5 Å². The highest BCUT2D eigenvalue weighted by molar-refractivity contribution is 5.27. The number of methoxy groups -OCH3 is 1. The molecule has 1 fully saturated rings. The Morgan fingerprint density at radius 1 is 1.20 bits per heavy atom. The molecule has 0 aliphatic heterocycles. The van der Waals surface area contributed by atoms with Crippen LogP contribution in [0.25, 0.3) is 0 Å². The standard InChI is InChI=1S/C17H28N2O/c1-19(13-14-8-10-16(20-2)11-9-14)17(12-18)15-6-4-3-5-7-15/h8-11,15,17H,3-7,12-13,18H2,1-2H3. The van der Waals surface area contributed by atoms with Crippen LogP contribution in [0.3, 0.4) is 0 Å². The van der Waals surface area contributed by atoms with Crippen molar-refractivity contribution in [1.82, 2.24) is 4.90 Å². The SMILES string of the molecule is COc1ccc(CN(C)C(CN)C2CCCCC2)cc1. The first-order valence-corrected chi connectivity index (χ1v) is 7.78. The Kier molecular flexibility index (Phi) is 5.86. The van der Waals surface area contributed by atoms with Crippen LogP contribution in [0, 0.1) is 5.92 Å². The van der Waals surface area contributed by atoms with Crippen LogP contribution < -0.4 is 10.5 Å². The topological polar surface area (TPSA) is 38.5 Å². The summed E-state index contributed by atoms with van der Waals surface area (Å²) < 4.78 is 5.20. The first-order valence-electron chi connectivity index (χ1n) is 7.78. The molecule has 1 atom stereocenters. The molecule has 3 heteroatoms. The molecular weight excluding hydrogens is 248 g/mol. The molecule has 1 saturated carbocycles. The lowest BCUT2D eigenvalue weighted by Gasteiger charge is -2.36. The van der Waals surface area contributed by atoms with Crippen molar-refractivity contribution in [1.29, 1.82) is 0 Å². The average Bonchev–Trinajstić information content (AvgIpc) is 2.50. The van der Waals surface area contributed by atoms with Gasteiger partial charge in [-0.15, -0.1) is 0 Å². The van der Waals surface area contributed by atoms with E-state index in [0.717, 1.165) is 24.8 Å². The highest BCUT2D eigenvalue weighted by Gasteiger charge is 2.25. The maximum absolute atomic E-state index is 6.04. The first-order chi connectivity index (χ1) is 9.74. The van der Waals surface area contributed by atoms with Crippen LogP contribution in [0.15, 0.2) is 24.3 Å². The second-order valence-electron chi connectivity index (χ2n) is 5.96. The van der Waals surface area contributed by atoms with Crippen molar-refractivity contribution in [3.05, 3.63) is 29.8 Å². The maximum atomic E-state index is 6.04. The van der Waals surface area contributed by atoms with Crippen LogP contribution >= 0.6 is 0 Å². The number of nitrogens with two attached hydrogens (primary N) is 1. The number of ether oxygens (including phenoxy) is 1. The molecule has 0 heterocycles. The Hall–Kier alpha value is -1.06. The fraction of sp³-hybridized carbons (Fsp3) is 0.647. The van der Waals surface area contributed by atoms with Gasteiger partial charge in [0, 0.05) is 19.1 Å². The fourth-order valence-corrected chi connectivity index (χ4v) is 3.39. The molecule has 1 unspecified atom stereocenters. The van der Waals surface area contributed by atoms with Crippen molar-refractivity contribution in [3.63, 3.8) is 0 Å². The first kappa shape index (κ1) is 15.3. The predicted octanol–water partition coefficient (Wildman–Crippen LogP) is 3.03. The lowest BCUT2D eigenvalue weighted by atomic mass is 9.83. The average molecular weight is 276 g/mol. The molecule has 0 amide bonds. The van der Waals surface area contributed by atoms with E-state index in [2.05, 4.69) is 24.1 Å². The summed E-state index contributed by atoms with van der Waals surface area (Å²) in [5, 5.41) is 0. The summed E-state index contributed by atoms with van der Waals surface area (Å²) in [6.45, 7) is 1.72. The van der Waals surface area contributed by atoms with Crippen LogP contribution in [0.4, 0.5) is 0 Å². The lowest BCUT2D eigenvalue weighted by Crippen LogP contribution is -2.43. The molecule has 0 radical (unpaired) electrons. The van der Waals surface area contributed by atoms with Gasteiger partial charge in [-0.1, -0.05) is 31.4 Å². The van der Waals surface area contributed by atoms with E-state index in [1.165, 1.54) is 37.7 Å². The van der Waals surface area contributed by atoms with Gasteiger partial charge in [0.25, 0.3) is 0 Å². The van der Waals surface area contributed by atoms with Crippen molar-refractivity contribution in [2.45, 2.75) is 44.7 Å². The number of hydrogen-bond acceptors (Lipinski definition) is 3. The molecule has 0 saturated heterocycles. The molecule has 2 rings (SSSR count). The van der Waals surface area contributed by atoms with Gasteiger partial charge >= 0.3 is 0 Å². The summed E-state index contributed by atoms with van der Waals surface area (Å²) in [4.78, 5) is 2.43. The third kappa shape index (κ3) is 3.97. The Morgan fingerprint density at radius 2 is 1.85 bits per heavy atom. The molecule has 20 heavy (non-hydrogen) atoms. The molecule has 2 N–H and O–H groups in total. The number of benzene rings is 1. The summed E-state index contributed by atoms with van der Waals surface area (Å²) in [7, 11) is 3.91. The monoisotopic (exact) mass is 276 g/mol. The van der Waals surface area contributed by atoms with Crippen molar-refractivity contribution in [3.8, 4) is 5.75 Å². The van der Waals surface area contributed by atoms with Crippen LogP contribution in [-0.2, 0) is 6.54 Å². The minimum Gasteiger partial charge on any atom is -0.497 e. The van der Waals surface area contributed by atoms with Gasteiger partial charge in [-0.3, -0.25) is 4.90 Å². The fourth-order valence-electron chi connectivity index (χ4n) is 3.39. The second-order valence-corrected chi connectivity index (χ2v) is 5.96. The zero-order valence-corrected chi connectivity index (χ0v) is 12.8. The van der Waals surface area contributed by atoms with E-state index in [-0.39, 0.29) is 0 Å². The molecule has 1 aliphatic carbocycles. The van der Waals surface area contributed by atoms with Gasteiger partial charge in [0.1, 0.15) is 5.75 Å². The predicted molar refractivity (Wildman–Crippen MR) is 83.9 cm³/mol. The van der Waals surface area contributed by atoms with Gasteiger partial charge in [-0.2, -0.15) is 0 Å². The molecular formula is C17H28N2O. The van der Waals surface area contributed by atoms with Crippen LogP contribution in [-0.4, -0.2) is 31.6 Å². The number of likely N-dealkylation sites (N-methyl/N-ethyl adjacent to an activating group) is 1. The van der Waals surface area contributed by atoms with E-state index in [9.17, 15) is 0 Å². The summed E-state index contributed by atoms with van der Waals surface area (Å²) in [5.74, 6) is 1.69. The number of nitrogens with zero attached hydrogens (tertiary/aromatic N) is 1. The van der Waals surface area contributed by atoms with Crippen molar-refractivity contribution in [2.24, 2.45) is 11.7 Å². The van der Waals surface area contributed by atoms with Gasteiger partial charge < -0.3 is 10.5 Å². The molecule has 0 aromatic heterocycles. The Bertz CT molecular complexity index is 384. The van der Waals surface area contributed by atoms with E-state index >= 15 is 0 Å². The quantitative estimate of drug-likeness (QED) is 0.868. The van der Waals surface area contributed by atoms with Crippen molar-refractivity contribution >= 4 is 0 Å². The molecule has 0 spiro atoms. The van der Waals surface area contributed by atoms with E-state index in [1.807, 2.05) is 12.1 Å². The number of rotatable bonds is 6. The Balaban J connectivity index is 1.95. The van der Waals surface area contributed by atoms with Crippen LogP contribution in [0.5, 0.6) is 5.75 Å². The summed E-state index contributed by atoms with van der Waals surface area (Å²) in [5.41, 5.74) is 7.36.